The van der Waals surface area contributed by atoms with E-state index in [4.69, 9.17) is 5.11 Å². The molecule has 2 aromatic rings. The average Bonchev–Trinajstić information content (AvgIpc) is 2.77. The van der Waals surface area contributed by atoms with E-state index in [0.29, 0.717) is 5.69 Å². The molecule has 0 aliphatic rings. The van der Waals surface area contributed by atoms with Crippen LogP contribution >= 0.6 is 0 Å². The van der Waals surface area contributed by atoms with Crippen LogP contribution in [0.4, 0.5) is 10.1 Å². The summed E-state index contributed by atoms with van der Waals surface area (Å²) in [5.41, 5.74) is 0.410. The molecule has 33 heavy (non-hydrogen) atoms. The molecule has 10 heteroatoms. The second kappa shape index (κ2) is 11.7. The topological polar surface area (TPSA) is 142 Å². The van der Waals surface area contributed by atoms with Crippen LogP contribution in [-0.2, 0) is 24.0 Å². The van der Waals surface area contributed by atoms with E-state index in [1.807, 2.05) is 18.2 Å². The summed E-state index contributed by atoms with van der Waals surface area (Å²) in [6.45, 7) is 2.08. The molecule has 0 saturated carbocycles. The molecule has 0 saturated heterocycles. The number of carboxylic acid groups (broad SMARTS) is 1. The SMILES string of the molecule is CC(C)CC(NC(=O)C(=O)Nc1cccc2ccccc12)C(=O)NC(CC(=O)O)C(=O)CF. The Morgan fingerprint density at radius 1 is 0.909 bits per heavy atom. The van der Waals surface area contributed by atoms with Crippen LogP contribution in [0.15, 0.2) is 42.5 Å². The third kappa shape index (κ3) is 7.37. The molecule has 176 valence electrons. The minimum absolute atomic E-state index is 0.0999. The zero-order chi connectivity index (χ0) is 24.5. The first-order valence-corrected chi connectivity index (χ1v) is 10.3. The van der Waals surface area contributed by atoms with Crippen molar-refractivity contribution >= 4 is 45.9 Å². The minimum Gasteiger partial charge on any atom is -0.481 e. The summed E-state index contributed by atoms with van der Waals surface area (Å²) in [6, 6.07) is 9.62. The normalized spacial score (nSPS) is 12.6. The van der Waals surface area contributed by atoms with Gasteiger partial charge in [-0.1, -0.05) is 50.2 Å². The fourth-order valence-corrected chi connectivity index (χ4v) is 3.23. The maximum atomic E-state index is 12.8. The first-order chi connectivity index (χ1) is 15.6. The van der Waals surface area contributed by atoms with Gasteiger partial charge in [0.25, 0.3) is 0 Å². The van der Waals surface area contributed by atoms with Crippen LogP contribution < -0.4 is 16.0 Å². The van der Waals surface area contributed by atoms with Gasteiger partial charge >= 0.3 is 17.8 Å². The number of halogens is 1. The number of nitrogens with one attached hydrogen (secondary N) is 3. The number of benzene rings is 2. The number of amides is 3. The van der Waals surface area contributed by atoms with Crippen molar-refractivity contribution in [1.82, 2.24) is 10.6 Å². The van der Waals surface area contributed by atoms with Gasteiger partial charge < -0.3 is 21.1 Å². The maximum Gasteiger partial charge on any atom is 0.313 e. The Labute approximate surface area is 189 Å². The van der Waals surface area contributed by atoms with Gasteiger partial charge in [0, 0.05) is 11.1 Å². The molecule has 0 spiro atoms. The van der Waals surface area contributed by atoms with Crippen molar-refractivity contribution in [2.24, 2.45) is 5.92 Å². The van der Waals surface area contributed by atoms with Gasteiger partial charge in [0.2, 0.25) is 5.91 Å². The molecule has 9 nitrogen and oxygen atoms in total. The van der Waals surface area contributed by atoms with Crippen LogP contribution in [0.1, 0.15) is 26.7 Å². The number of hydrogen-bond acceptors (Lipinski definition) is 5. The summed E-state index contributed by atoms with van der Waals surface area (Å²) in [7, 11) is 0. The maximum absolute atomic E-state index is 12.8. The van der Waals surface area contributed by atoms with E-state index >= 15 is 0 Å². The van der Waals surface area contributed by atoms with Gasteiger partial charge in [-0.15, -0.1) is 0 Å². The number of rotatable bonds is 10. The van der Waals surface area contributed by atoms with E-state index in [9.17, 15) is 28.4 Å². The molecule has 2 aromatic carbocycles. The Balaban J connectivity index is 2.13. The van der Waals surface area contributed by atoms with E-state index in [1.165, 1.54) is 0 Å². The summed E-state index contributed by atoms with van der Waals surface area (Å²) in [4.78, 5) is 60.3. The zero-order valence-corrected chi connectivity index (χ0v) is 18.3. The van der Waals surface area contributed by atoms with Crippen LogP contribution in [0.2, 0.25) is 0 Å². The van der Waals surface area contributed by atoms with Gasteiger partial charge in [0.15, 0.2) is 5.78 Å². The lowest BCUT2D eigenvalue weighted by molar-refractivity contribution is -0.141. The second-order valence-corrected chi connectivity index (χ2v) is 7.90. The molecule has 3 amide bonds. The molecule has 4 N–H and O–H groups in total. The predicted octanol–water partition coefficient (Wildman–Crippen LogP) is 1.81. The molecule has 0 heterocycles. The quantitative estimate of drug-likeness (QED) is 0.399. The van der Waals surface area contributed by atoms with Gasteiger partial charge in [-0.25, -0.2) is 4.39 Å². The van der Waals surface area contributed by atoms with E-state index in [1.54, 1.807) is 38.1 Å². The Hall–Kier alpha value is -3.82. The highest BCUT2D eigenvalue weighted by molar-refractivity contribution is 6.40. The molecule has 0 aliphatic carbocycles. The van der Waals surface area contributed by atoms with Crippen LogP contribution in [0, 0.1) is 5.92 Å². The number of carbonyl (C=O) groups excluding carboxylic acids is 4. The summed E-state index contributed by atoms with van der Waals surface area (Å²) >= 11 is 0. The largest absolute Gasteiger partial charge is 0.481 e. The zero-order valence-electron chi connectivity index (χ0n) is 18.3. The summed E-state index contributed by atoms with van der Waals surface area (Å²) in [5, 5.41) is 17.5. The lowest BCUT2D eigenvalue weighted by Crippen LogP contribution is -2.54. The number of Topliss-reactive ketones (excluding diaryl/α,β-unsaturated/α-hetero) is 1. The predicted molar refractivity (Wildman–Crippen MR) is 119 cm³/mol. The van der Waals surface area contributed by atoms with Crippen LogP contribution in [0.25, 0.3) is 10.8 Å². The number of fused-ring (bicyclic) bond motifs is 1. The Morgan fingerprint density at radius 2 is 1.58 bits per heavy atom. The summed E-state index contributed by atoms with van der Waals surface area (Å²) in [5.74, 6) is -5.58. The van der Waals surface area contributed by atoms with Gasteiger partial charge in [0.1, 0.15) is 18.8 Å². The average molecular weight is 459 g/mol. The van der Waals surface area contributed by atoms with Gasteiger partial charge in [0.05, 0.1) is 6.42 Å². The smallest absolute Gasteiger partial charge is 0.313 e. The molecule has 2 rings (SSSR count). The molecule has 0 radical (unpaired) electrons. The number of aliphatic carboxylic acids is 1. The minimum atomic E-state index is -1.59. The van der Waals surface area contributed by atoms with Crippen LogP contribution in [0.3, 0.4) is 0 Å². The number of anilines is 1. The highest BCUT2D eigenvalue weighted by Gasteiger charge is 2.30. The highest BCUT2D eigenvalue weighted by Crippen LogP contribution is 2.22. The van der Waals surface area contributed by atoms with Crippen molar-refractivity contribution in [2.45, 2.75) is 38.8 Å². The van der Waals surface area contributed by atoms with Crippen molar-refractivity contribution in [3.63, 3.8) is 0 Å². The monoisotopic (exact) mass is 459 g/mol. The van der Waals surface area contributed by atoms with E-state index in [-0.39, 0.29) is 12.3 Å². The molecule has 0 aromatic heterocycles. The van der Waals surface area contributed by atoms with Crippen molar-refractivity contribution in [3.8, 4) is 0 Å². The van der Waals surface area contributed by atoms with Gasteiger partial charge in [-0.05, 0) is 23.8 Å². The standard InChI is InChI=1S/C23H26FN3O6/c1-13(2)10-18(21(31)26-17(11-20(29)30)19(28)12-24)27-23(33)22(32)25-16-9-5-7-14-6-3-4-8-15(14)16/h3-9,13,17-18H,10-12H2,1-2H3,(H,25,32)(H,26,31)(H,27,33)(H,29,30). The molecular formula is C23H26FN3O6. The Bertz CT molecular complexity index is 1050. The second-order valence-electron chi connectivity index (χ2n) is 7.90. The lowest BCUT2D eigenvalue weighted by Gasteiger charge is -2.22. The van der Waals surface area contributed by atoms with Crippen LogP contribution in [-0.4, -0.2) is 53.3 Å². The summed E-state index contributed by atoms with van der Waals surface area (Å²) in [6.07, 6.45) is -0.707. The number of hydrogen-bond donors (Lipinski definition) is 4. The highest BCUT2D eigenvalue weighted by atomic mass is 19.1. The van der Waals surface area contributed by atoms with Crippen LogP contribution in [0.5, 0.6) is 0 Å². The third-order valence-corrected chi connectivity index (χ3v) is 4.79. The number of carboxylic acids is 1. The van der Waals surface area contributed by atoms with Gasteiger partial charge in [-0.2, -0.15) is 0 Å². The fourth-order valence-electron chi connectivity index (χ4n) is 3.23. The number of ketones is 1. The fraction of sp³-hybridized carbons (Fsp3) is 0.348. The molecule has 0 bridgehead atoms. The molecule has 2 atom stereocenters. The van der Waals surface area contributed by atoms with Crippen molar-refractivity contribution in [2.75, 3.05) is 12.0 Å². The van der Waals surface area contributed by atoms with E-state index in [2.05, 4.69) is 16.0 Å². The molecular weight excluding hydrogens is 433 g/mol. The first kappa shape index (κ1) is 25.4. The van der Waals surface area contributed by atoms with Crippen molar-refractivity contribution < 1.29 is 33.5 Å². The van der Waals surface area contributed by atoms with Crippen molar-refractivity contribution in [3.05, 3.63) is 42.5 Å². The van der Waals surface area contributed by atoms with E-state index in [0.717, 1.165) is 10.8 Å². The Morgan fingerprint density at radius 3 is 2.21 bits per heavy atom. The Kier molecular flexibility index (Phi) is 9.02. The van der Waals surface area contributed by atoms with Crippen molar-refractivity contribution in [1.29, 1.82) is 0 Å². The van der Waals surface area contributed by atoms with E-state index < -0.39 is 54.7 Å². The number of carbonyl (C=O) groups is 5. The third-order valence-electron chi connectivity index (χ3n) is 4.79. The molecule has 2 unspecified atom stereocenters. The molecule has 0 fully saturated rings. The first-order valence-electron chi connectivity index (χ1n) is 10.3. The number of alkyl halides is 1. The summed E-state index contributed by atoms with van der Waals surface area (Å²) < 4.78 is 12.8. The molecule has 0 aliphatic heterocycles. The van der Waals surface area contributed by atoms with Gasteiger partial charge in [-0.3, -0.25) is 24.0 Å². The lowest BCUT2D eigenvalue weighted by atomic mass is 10.0.